The summed E-state index contributed by atoms with van der Waals surface area (Å²) in [6.07, 6.45) is 3.15. The second-order valence-electron chi connectivity index (χ2n) is 4.66. The summed E-state index contributed by atoms with van der Waals surface area (Å²) in [6.45, 7) is 6.19. The van der Waals surface area contributed by atoms with Gasteiger partial charge in [0, 0.05) is 12.1 Å². The Hall–Kier alpha value is -1.09. The average molecular weight is 253 g/mol. The Kier molecular flexibility index (Phi) is 6.13. The maximum atomic E-state index is 13.2. The molecule has 2 atom stereocenters. The number of halogens is 1. The van der Waals surface area contributed by atoms with E-state index < -0.39 is 0 Å². The summed E-state index contributed by atoms with van der Waals surface area (Å²) in [5, 5.41) is 3.29. The third-order valence-corrected chi connectivity index (χ3v) is 3.25. The van der Waals surface area contributed by atoms with Crippen molar-refractivity contribution in [2.24, 2.45) is 0 Å². The fourth-order valence-electron chi connectivity index (χ4n) is 2.14. The van der Waals surface area contributed by atoms with Crippen molar-refractivity contribution in [2.75, 3.05) is 7.05 Å². The Labute approximate surface area is 110 Å². The van der Waals surface area contributed by atoms with Crippen LogP contribution in [0.15, 0.2) is 18.2 Å². The van der Waals surface area contributed by atoms with Gasteiger partial charge >= 0.3 is 0 Å². The van der Waals surface area contributed by atoms with Gasteiger partial charge in [-0.2, -0.15) is 0 Å². The predicted molar refractivity (Wildman–Crippen MR) is 73.6 cm³/mol. The van der Waals surface area contributed by atoms with Crippen LogP contribution in [0.25, 0.3) is 0 Å². The van der Waals surface area contributed by atoms with Gasteiger partial charge in [0.15, 0.2) is 0 Å². The highest BCUT2D eigenvalue weighted by Gasteiger charge is 2.20. The first-order valence-corrected chi connectivity index (χ1v) is 6.72. The number of hydrogen-bond acceptors (Lipinski definition) is 2. The first kappa shape index (κ1) is 15.0. The second kappa shape index (κ2) is 7.37. The molecule has 1 aromatic rings. The summed E-state index contributed by atoms with van der Waals surface area (Å²) in [6, 6.07) is 5.00. The van der Waals surface area contributed by atoms with E-state index in [1.165, 1.54) is 12.1 Å². The van der Waals surface area contributed by atoms with Crippen LogP contribution in [0, 0.1) is 12.7 Å². The number of likely N-dealkylation sites (N-methyl/N-ethyl adjacent to an activating group) is 1. The molecular weight excluding hydrogens is 229 g/mol. The van der Waals surface area contributed by atoms with Crippen molar-refractivity contribution in [3.05, 3.63) is 29.6 Å². The molecule has 0 bridgehead atoms. The van der Waals surface area contributed by atoms with Gasteiger partial charge < -0.3 is 10.1 Å². The summed E-state index contributed by atoms with van der Waals surface area (Å²) >= 11 is 0. The van der Waals surface area contributed by atoms with Crippen LogP contribution in [0.3, 0.4) is 0 Å². The Bertz CT molecular complexity index is 368. The molecule has 0 fully saturated rings. The largest absolute Gasteiger partial charge is 0.488 e. The van der Waals surface area contributed by atoms with E-state index in [0.29, 0.717) is 11.8 Å². The highest BCUT2D eigenvalue weighted by atomic mass is 19.1. The monoisotopic (exact) mass is 253 g/mol. The molecule has 0 aliphatic carbocycles. The lowest BCUT2D eigenvalue weighted by atomic mass is 10.0. The molecule has 0 saturated carbocycles. The zero-order valence-corrected chi connectivity index (χ0v) is 11.8. The molecule has 0 aliphatic heterocycles. The summed E-state index contributed by atoms with van der Waals surface area (Å²) in [5.74, 6) is 0.403. The van der Waals surface area contributed by atoms with Gasteiger partial charge in [0.05, 0.1) is 0 Å². The molecule has 0 aromatic heterocycles. The number of benzene rings is 1. The average Bonchev–Trinajstić information content (AvgIpc) is 2.37. The lowest BCUT2D eigenvalue weighted by molar-refractivity contribution is 0.145. The van der Waals surface area contributed by atoms with E-state index in [-0.39, 0.29) is 11.9 Å². The van der Waals surface area contributed by atoms with Gasteiger partial charge in [-0.05, 0) is 38.4 Å². The van der Waals surface area contributed by atoms with E-state index in [9.17, 15) is 4.39 Å². The zero-order chi connectivity index (χ0) is 13.5. The van der Waals surface area contributed by atoms with E-state index in [1.807, 2.05) is 14.0 Å². The van der Waals surface area contributed by atoms with Gasteiger partial charge in [-0.15, -0.1) is 0 Å². The summed E-state index contributed by atoms with van der Waals surface area (Å²) in [7, 11) is 1.95. The second-order valence-corrected chi connectivity index (χ2v) is 4.66. The third kappa shape index (κ3) is 3.98. The molecule has 0 spiro atoms. The molecule has 0 heterocycles. The minimum Gasteiger partial charge on any atom is -0.488 e. The number of nitrogens with one attached hydrogen (secondary N) is 1. The predicted octanol–water partition coefficient (Wildman–Crippen LogP) is 3.68. The van der Waals surface area contributed by atoms with Gasteiger partial charge in [0.2, 0.25) is 0 Å². The van der Waals surface area contributed by atoms with Crippen LogP contribution >= 0.6 is 0 Å². The first-order chi connectivity index (χ1) is 8.62. The van der Waals surface area contributed by atoms with Gasteiger partial charge in [-0.3, -0.25) is 0 Å². The summed E-state index contributed by atoms with van der Waals surface area (Å²) in [5.41, 5.74) is 0.973. The fourth-order valence-corrected chi connectivity index (χ4v) is 2.14. The van der Waals surface area contributed by atoms with Crippen LogP contribution in [-0.2, 0) is 0 Å². The lowest BCUT2D eigenvalue weighted by Crippen LogP contribution is -2.40. The van der Waals surface area contributed by atoms with E-state index in [4.69, 9.17) is 4.74 Å². The van der Waals surface area contributed by atoms with Crippen LogP contribution in [-0.4, -0.2) is 19.2 Å². The van der Waals surface area contributed by atoms with Crippen molar-refractivity contribution < 1.29 is 9.13 Å². The molecule has 2 nitrogen and oxygen atoms in total. The highest BCUT2D eigenvalue weighted by Crippen LogP contribution is 2.22. The maximum Gasteiger partial charge on any atom is 0.126 e. The molecule has 18 heavy (non-hydrogen) atoms. The summed E-state index contributed by atoms with van der Waals surface area (Å²) in [4.78, 5) is 0. The standard InChI is InChI=1S/C15H24FNO/c1-5-7-13(17-4)14(6-2)18-15-10-12(16)9-8-11(15)3/h8-10,13-14,17H,5-7H2,1-4H3. The molecule has 102 valence electrons. The van der Waals surface area contributed by atoms with Crippen molar-refractivity contribution in [1.82, 2.24) is 5.32 Å². The smallest absolute Gasteiger partial charge is 0.126 e. The molecule has 1 N–H and O–H groups in total. The van der Waals surface area contributed by atoms with Gasteiger partial charge in [-0.1, -0.05) is 26.3 Å². The lowest BCUT2D eigenvalue weighted by Gasteiger charge is -2.27. The molecule has 0 amide bonds. The van der Waals surface area contributed by atoms with Crippen LogP contribution < -0.4 is 10.1 Å². The van der Waals surface area contributed by atoms with Gasteiger partial charge in [0.25, 0.3) is 0 Å². The number of aryl methyl sites for hydroxylation is 1. The Balaban J connectivity index is 2.81. The van der Waals surface area contributed by atoms with E-state index in [2.05, 4.69) is 19.2 Å². The quantitative estimate of drug-likeness (QED) is 0.800. The molecule has 1 aromatic carbocycles. The Morgan fingerprint density at radius 2 is 2.06 bits per heavy atom. The Morgan fingerprint density at radius 3 is 2.61 bits per heavy atom. The van der Waals surface area contributed by atoms with Crippen molar-refractivity contribution in [2.45, 2.75) is 52.2 Å². The molecule has 3 heteroatoms. The molecular formula is C15H24FNO. The maximum absolute atomic E-state index is 13.2. The highest BCUT2D eigenvalue weighted by molar-refractivity contribution is 5.32. The topological polar surface area (TPSA) is 21.3 Å². The summed E-state index contributed by atoms with van der Waals surface area (Å²) < 4.78 is 19.2. The molecule has 0 saturated heterocycles. The van der Waals surface area contributed by atoms with Crippen LogP contribution in [0.4, 0.5) is 4.39 Å². The van der Waals surface area contributed by atoms with E-state index in [0.717, 1.165) is 24.8 Å². The van der Waals surface area contributed by atoms with E-state index >= 15 is 0 Å². The van der Waals surface area contributed by atoms with Gasteiger partial charge in [0.1, 0.15) is 17.7 Å². The number of ether oxygens (including phenoxy) is 1. The van der Waals surface area contributed by atoms with Crippen LogP contribution in [0.1, 0.15) is 38.7 Å². The normalized spacial score (nSPS) is 14.3. The number of rotatable bonds is 7. The third-order valence-electron chi connectivity index (χ3n) is 3.25. The molecule has 2 unspecified atom stereocenters. The molecule has 1 rings (SSSR count). The van der Waals surface area contributed by atoms with Crippen molar-refractivity contribution >= 4 is 0 Å². The van der Waals surface area contributed by atoms with Crippen LogP contribution in [0.2, 0.25) is 0 Å². The fraction of sp³-hybridized carbons (Fsp3) is 0.600. The Morgan fingerprint density at radius 1 is 1.33 bits per heavy atom. The van der Waals surface area contributed by atoms with Crippen molar-refractivity contribution in [3.63, 3.8) is 0 Å². The SMILES string of the molecule is CCCC(NC)C(CC)Oc1cc(F)ccc1C. The minimum absolute atomic E-state index is 0.0791. The van der Waals surface area contributed by atoms with Crippen LogP contribution in [0.5, 0.6) is 5.75 Å². The van der Waals surface area contributed by atoms with E-state index in [1.54, 1.807) is 6.07 Å². The van der Waals surface area contributed by atoms with Crippen molar-refractivity contribution in [3.8, 4) is 5.75 Å². The minimum atomic E-state index is -0.248. The van der Waals surface area contributed by atoms with Gasteiger partial charge in [-0.25, -0.2) is 4.39 Å². The van der Waals surface area contributed by atoms with Crippen molar-refractivity contribution in [1.29, 1.82) is 0 Å². The molecule has 0 radical (unpaired) electrons. The first-order valence-electron chi connectivity index (χ1n) is 6.72. The zero-order valence-electron chi connectivity index (χ0n) is 11.8. The number of hydrogen-bond donors (Lipinski definition) is 1. The molecule has 0 aliphatic rings.